The quantitative estimate of drug-likeness (QED) is 0.373. The van der Waals surface area contributed by atoms with Crippen LogP contribution >= 0.6 is 11.3 Å². The molecule has 0 bridgehead atoms. The van der Waals surface area contributed by atoms with Gasteiger partial charge in [-0.1, -0.05) is 18.2 Å². The Labute approximate surface area is 212 Å². The van der Waals surface area contributed by atoms with Crippen LogP contribution in [0.1, 0.15) is 54.3 Å². The van der Waals surface area contributed by atoms with Gasteiger partial charge in [0.15, 0.2) is 0 Å². The van der Waals surface area contributed by atoms with Crippen LogP contribution in [0.5, 0.6) is 0 Å². The van der Waals surface area contributed by atoms with Crippen LogP contribution in [0.4, 0.5) is 5.00 Å². The first-order valence-corrected chi connectivity index (χ1v) is 12.1. The summed E-state index contributed by atoms with van der Waals surface area (Å²) in [5.41, 5.74) is 4.71. The normalized spacial score (nSPS) is 10.9. The van der Waals surface area contributed by atoms with E-state index in [9.17, 15) is 14.4 Å². The van der Waals surface area contributed by atoms with Crippen LogP contribution in [-0.2, 0) is 16.5 Å². The molecule has 3 aromatic heterocycles. The number of hydrogen-bond acceptors (Lipinski definition) is 8. The lowest BCUT2D eigenvalue weighted by Crippen LogP contribution is -2.15. The Kier molecular flexibility index (Phi) is 6.89. The second kappa shape index (κ2) is 9.90. The molecule has 186 valence electrons. The van der Waals surface area contributed by atoms with Gasteiger partial charge in [-0.2, -0.15) is 5.10 Å². The number of hydrogen-bond donors (Lipinski definition) is 1. The monoisotopic (exact) mass is 506 g/mol. The Hall–Kier alpha value is -4.05. The highest BCUT2D eigenvalue weighted by atomic mass is 32.1. The number of thiophene rings is 1. The van der Waals surface area contributed by atoms with Gasteiger partial charge in [-0.15, -0.1) is 11.3 Å². The third-order valence-electron chi connectivity index (χ3n) is 5.95. The van der Waals surface area contributed by atoms with E-state index in [4.69, 9.17) is 14.5 Å². The average molecular weight is 507 g/mol. The molecule has 9 nitrogen and oxygen atoms in total. The van der Waals surface area contributed by atoms with Gasteiger partial charge in [-0.3, -0.25) is 9.48 Å². The van der Waals surface area contributed by atoms with Crippen LogP contribution in [0, 0.1) is 20.8 Å². The number of carbonyl (C=O) groups excluding carboxylic acids is 3. The van der Waals surface area contributed by atoms with E-state index in [1.807, 2.05) is 45.2 Å². The second-order valence-corrected chi connectivity index (χ2v) is 9.19. The number of amides is 1. The molecule has 0 unspecified atom stereocenters. The van der Waals surface area contributed by atoms with E-state index in [0.717, 1.165) is 28.3 Å². The summed E-state index contributed by atoms with van der Waals surface area (Å²) in [6.07, 6.45) is 0. The van der Waals surface area contributed by atoms with Crippen LogP contribution in [0.15, 0.2) is 30.3 Å². The van der Waals surface area contributed by atoms with Gasteiger partial charge in [0.05, 0.1) is 41.7 Å². The minimum Gasteiger partial charge on any atom is -0.465 e. The van der Waals surface area contributed by atoms with Crippen LogP contribution in [-0.4, -0.2) is 46.3 Å². The highest BCUT2D eigenvalue weighted by Crippen LogP contribution is 2.35. The van der Waals surface area contributed by atoms with Gasteiger partial charge in [0.25, 0.3) is 5.91 Å². The number of carbonyl (C=O) groups is 3. The zero-order chi connectivity index (χ0) is 26.1. The summed E-state index contributed by atoms with van der Waals surface area (Å²) in [5, 5.41) is 8.17. The van der Waals surface area contributed by atoms with Crippen LogP contribution in [0.2, 0.25) is 0 Å². The summed E-state index contributed by atoms with van der Waals surface area (Å²) in [6, 6.07) is 9.06. The molecule has 0 saturated carbocycles. The maximum Gasteiger partial charge on any atom is 0.348 e. The molecule has 0 atom stereocenters. The zero-order valence-electron chi connectivity index (χ0n) is 20.9. The standard InChI is InChI=1S/C26H26N4O5S/c1-7-35-26(33)22-13(2)20(25(32)34-6)24(36-22)28-23(31)17-12-19(21-14(3)29-30(5)15(21)4)27-18-11-9-8-10-16(17)18/h8-12H,7H2,1-6H3,(H,28,31). The predicted molar refractivity (Wildman–Crippen MR) is 138 cm³/mol. The lowest BCUT2D eigenvalue weighted by molar-refractivity contribution is 0.0531. The number of esters is 2. The fourth-order valence-electron chi connectivity index (χ4n) is 4.15. The number of aromatic nitrogens is 3. The van der Waals surface area contributed by atoms with Gasteiger partial charge in [-0.05, 0) is 45.4 Å². The Morgan fingerprint density at radius 2 is 1.83 bits per heavy atom. The Balaban J connectivity index is 1.84. The number of rotatable bonds is 6. The number of methoxy groups -OCH3 is 1. The molecule has 0 fully saturated rings. The molecule has 4 aromatic rings. The van der Waals surface area contributed by atoms with Gasteiger partial charge >= 0.3 is 11.9 Å². The second-order valence-electron chi connectivity index (χ2n) is 8.17. The van der Waals surface area contributed by atoms with E-state index in [2.05, 4.69) is 10.4 Å². The minimum absolute atomic E-state index is 0.122. The highest BCUT2D eigenvalue weighted by molar-refractivity contribution is 7.18. The number of benzene rings is 1. The maximum atomic E-state index is 13.6. The van der Waals surface area contributed by atoms with Crippen LogP contribution in [0.25, 0.3) is 22.2 Å². The molecule has 0 aliphatic heterocycles. The number of pyridine rings is 1. The molecule has 1 amide bonds. The first kappa shape index (κ1) is 25.1. The summed E-state index contributed by atoms with van der Waals surface area (Å²) >= 11 is 0.979. The number of anilines is 1. The number of para-hydroxylation sites is 1. The van der Waals surface area contributed by atoms with Crippen LogP contribution < -0.4 is 5.32 Å². The van der Waals surface area contributed by atoms with E-state index < -0.39 is 17.8 Å². The lowest BCUT2D eigenvalue weighted by atomic mass is 10.0. The number of aryl methyl sites for hydroxylation is 2. The van der Waals surface area contributed by atoms with Crippen molar-refractivity contribution in [3.63, 3.8) is 0 Å². The molecule has 0 aliphatic rings. The Bertz CT molecular complexity index is 1520. The fraction of sp³-hybridized carbons (Fsp3) is 0.269. The maximum absolute atomic E-state index is 13.6. The fourth-order valence-corrected chi connectivity index (χ4v) is 5.23. The molecule has 4 rings (SSSR count). The van der Waals surface area contributed by atoms with Crippen molar-refractivity contribution in [3.8, 4) is 11.3 Å². The molecular formula is C26H26N4O5S. The highest BCUT2D eigenvalue weighted by Gasteiger charge is 2.28. The van der Waals surface area contributed by atoms with Crippen molar-refractivity contribution >= 4 is 45.1 Å². The number of fused-ring (bicyclic) bond motifs is 1. The van der Waals surface area contributed by atoms with Crippen molar-refractivity contribution in [2.45, 2.75) is 27.7 Å². The number of ether oxygens (including phenoxy) is 2. The predicted octanol–water partition coefficient (Wildman–Crippen LogP) is 4.84. The summed E-state index contributed by atoms with van der Waals surface area (Å²) in [5.74, 6) is -1.67. The molecule has 10 heteroatoms. The van der Waals surface area contributed by atoms with Gasteiger partial charge in [0.1, 0.15) is 9.88 Å². The number of nitrogens with one attached hydrogen (secondary N) is 1. The van der Waals surface area contributed by atoms with E-state index in [0.29, 0.717) is 27.7 Å². The van der Waals surface area contributed by atoms with Crippen molar-refractivity contribution in [1.82, 2.24) is 14.8 Å². The molecule has 0 aliphatic carbocycles. The summed E-state index contributed by atoms with van der Waals surface area (Å²) in [4.78, 5) is 43.7. The molecule has 0 spiro atoms. The van der Waals surface area contributed by atoms with Crippen molar-refractivity contribution < 1.29 is 23.9 Å². The summed E-state index contributed by atoms with van der Waals surface area (Å²) < 4.78 is 11.8. The minimum atomic E-state index is -0.656. The largest absolute Gasteiger partial charge is 0.465 e. The molecule has 3 heterocycles. The molecule has 1 aromatic carbocycles. The molecule has 36 heavy (non-hydrogen) atoms. The van der Waals surface area contributed by atoms with E-state index in [-0.39, 0.29) is 22.0 Å². The van der Waals surface area contributed by atoms with E-state index >= 15 is 0 Å². The Morgan fingerprint density at radius 3 is 2.47 bits per heavy atom. The summed E-state index contributed by atoms with van der Waals surface area (Å²) in [6.45, 7) is 7.35. The molecule has 0 saturated heterocycles. The lowest BCUT2D eigenvalue weighted by Gasteiger charge is -2.11. The van der Waals surface area contributed by atoms with Crippen molar-refractivity contribution in [1.29, 1.82) is 0 Å². The van der Waals surface area contributed by atoms with Crippen molar-refractivity contribution in [2.24, 2.45) is 7.05 Å². The molecule has 1 N–H and O–H groups in total. The van der Waals surface area contributed by atoms with Crippen molar-refractivity contribution in [3.05, 3.63) is 63.3 Å². The third kappa shape index (κ3) is 4.35. The smallest absolute Gasteiger partial charge is 0.348 e. The SMILES string of the molecule is CCOC(=O)c1sc(NC(=O)c2cc(-c3c(C)nn(C)c3C)nc3ccccc23)c(C(=O)OC)c1C. The van der Waals surface area contributed by atoms with Gasteiger partial charge < -0.3 is 14.8 Å². The Morgan fingerprint density at radius 1 is 1.11 bits per heavy atom. The third-order valence-corrected chi connectivity index (χ3v) is 7.14. The van der Waals surface area contributed by atoms with E-state index in [1.54, 1.807) is 24.6 Å². The van der Waals surface area contributed by atoms with Crippen LogP contribution in [0.3, 0.4) is 0 Å². The zero-order valence-corrected chi connectivity index (χ0v) is 21.7. The van der Waals surface area contributed by atoms with Gasteiger partial charge in [0.2, 0.25) is 0 Å². The van der Waals surface area contributed by atoms with Gasteiger partial charge in [-0.25, -0.2) is 14.6 Å². The van der Waals surface area contributed by atoms with E-state index in [1.165, 1.54) is 7.11 Å². The first-order chi connectivity index (χ1) is 17.2. The molecular weight excluding hydrogens is 480 g/mol. The summed E-state index contributed by atoms with van der Waals surface area (Å²) in [7, 11) is 3.10. The topological polar surface area (TPSA) is 112 Å². The average Bonchev–Trinajstić information content (AvgIpc) is 3.31. The molecule has 0 radical (unpaired) electrons. The van der Waals surface area contributed by atoms with Crippen molar-refractivity contribution in [2.75, 3.05) is 19.0 Å². The number of nitrogens with zero attached hydrogens (tertiary/aromatic N) is 3. The first-order valence-electron chi connectivity index (χ1n) is 11.3. The van der Waals surface area contributed by atoms with Gasteiger partial charge in [0, 0.05) is 23.7 Å².